The summed E-state index contributed by atoms with van der Waals surface area (Å²) in [6.45, 7) is 7.61. The molecule has 2 aromatic carbocycles. The van der Waals surface area contributed by atoms with Crippen LogP contribution in [0.5, 0.6) is 5.75 Å². The predicted octanol–water partition coefficient (Wildman–Crippen LogP) is 3.18. The van der Waals surface area contributed by atoms with Gasteiger partial charge in [0.15, 0.2) is 6.10 Å². The zero-order valence-corrected chi connectivity index (χ0v) is 17.7. The molecule has 3 aromatic rings. The molecular formula is C23H25N3O5. The van der Waals surface area contributed by atoms with Gasteiger partial charge in [0.2, 0.25) is 0 Å². The van der Waals surface area contributed by atoms with Crippen LogP contribution < -0.4 is 15.8 Å². The highest BCUT2D eigenvalue weighted by Crippen LogP contribution is 2.23. The third-order valence-corrected chi connectivity index (χ3v) is 4.91. The Morgan fingerprint density at radius 1 is 1.29 bits per heavy atom. The number of hydrogen-bond acceptors (Lipinski definition) is 6. The molecule has 0 radical (unpaired) electrons. The number of aryl methyl sites for hydroxylation is 1. The minimum absolute atomic E-state index is 0.0621. The number of carboxylic acid groups (broad SMARTS) is 1. The van der Waals surface area contributed by atoms with Gasteiger partial charge in [0.05, 0.1) is 16.6 Å². The van der Waals surface area contributed by atoms with Gasteiger partial charge in [-0.25, -0.2) is 9.78 Å². The first-order valence-electron chi connectivity index (χ1n) is 9.83. The lowest BCUT2D eigenvalue weighted by Gasteiger charge is -2.17. The number of rotatable bonds is 9. The normalized spacial score (nSPS) is 11.8. The predicted molar refractivity (Wildman–Crippen MR) is 117 cm³/mol. The van der Waals surface area contributed by atoms with Crippen LogP contribution in [0.15, 0.2) is 53.8 Å². The van der Waals surface area contributed by atoms with Gasteiger partial charge >= 0.3 is 5.97 Å². The number of carboxylic acids is 1. The Labute approximate surface area is 179 Å². The van der Waals surface area contributed by atoms with Crippen LogP contribution >= 0.6 is 0 Å². The average Bonchev–Trinajstić information content (AvgIpc) is 2.75. The van der Waals surface area contributed by atoms with Crippen molar-refractivity contribution < 1.29 is 19.5 Å². The van der Waals surface area contributed by atoms with Gasteiger partial charge in [-0.15, -0.1) is 0 Å². The lowest BCUT2D eigenvalue weighted by Crippen LogP contribution is -2.26. The van der Waals surface area contributed by atoms with E-state index in [-0.39, 0.29) is 12.2 Å². The third kappa shape index (κ3) is 4.92. The van der Waals surface area contributed by atoms with Gasteiger partial charge in [-0.2, -0.15) is 0 Å². The molecule has 2 N–H and O–H groups in total. The molecule has 3 rings (SSSR count). The van der Waals surface area contributed by atoms with E-state index < -0.39 is 12.1 Å². The summed E-state index contributed by atoms with van der Waals surface area (Å²) in [6, 6.07) is 12.4. The molecule has 0 bridgehead atoms. The minimum Gasteiger partial charge on any atom is -0.479 e. The molecule has 1 atom stereocenters. The Morgan fingerprint density at radius 2 is 2.03 bits per heavy atom. The van der Waals surface area contributed by atoms with E-state index in [1.54, 1.807) is 44.3 Å². The number of hydrogen-bond donors (Lipinski definition) is 2. The molecule has 0 aliphatic carbocycles. The summed E-state index contributed by atoms with van der Waals surface area (Å²) in [7, 11) is 1.65. The molecule has 0 spiro atoms. The summed E-state index contributed by atoms with van der Waals surface area (Å²) in [4.78, 5) is 33.6. The first-order chi connectivity index (χ1) is 14.8. The van der Waals surface area contributed by atoms with Crippen LogP contribution in [0.1, 0.15) is 30.3 Å². The maximum Gasteiger partial charge on any atom is 0.344 e. The van der Waals surface area contributed by atoms with E-state index in [9.17, 15) is 9.59 Å². The summed E-state index contributed by atoms with van der Waals surface area (Å²) in [5.74, 6) is -0.0209. The molecule has 1 unspecified atom stereocenters. The third-order valence-electron chi connectivity index (χ3n) is 4.91. The maximum atomic E-state index is 12.5. The van der Waals surface area contributed by atoms with Crippen molar-refractivity contribution in [2.45, 2.75) is 33.0 Å². The molecule has 162 valence electrons. The number of nitrogens with zero attached hydrogens (tertiary/aromatic N) is 2. The van der Waals surface area contributed by atoms with Gasteiger partial charge in [0.25, 0.3) is 5.56 Å². The molecule has 0 aliphatic heterocycles. The zero-order valence-electron chi connectivity index (χ0n) is 17.7. The monoisotopic (exact) mass is 423 g/mol. The number of ether oxygens (including phenoxy) is 1. The van der Waals surface area contributed by atoms with E-state index in [0.29, 0.717) is 34.6 Å². The first-order valence-corrected chi connectivity index (χ1v) is 9.83. The second-order valence-corrected chi connectivity index (χ2v) is 7.11. The van der Waals surface area contributed by atoms with Crippen LogP contribution in [0.3, 0.4) is 0 Å². The highest BCUT2D eigenvalue weighted by molar-refractivity contribution is 5.77. The Morgan fingerprint density at radius 3 is 2.71 bits per heavy atom. The quantitative estimate of drug-likeness (QED) is 0.510. The van der Waals surface area contributed by atoms with Crippen molar-refractivity contribution in [1.82, 2.24) is 15.0 Å². The lowest BCUT2D eigenvalue weighted by molar-refractivity contribution is -0.145. The maximum absolute atomic E-state index is 12.5. The van der Waals surface area contributed by atoms with E-state index in [0.717, 1.165) is 11.1 Å². The van der Waals surface area contributed by atoms with Gasteiger partial charge < -0.3 is 9.84 Å². The van der Waals surface area contributed by atoms with E-state index in [1.165, 1.54) is 4.57 Å². The fraction of sp³-hybridized carbons (Fsp3) is 0.261. The lowest BCUT2D eigenvalue weighted by atomic mass is 10.1. The zero-order chi connectivity index (χ0) is 22.5. The summed E-state index contributed by atoms with van der Waals surface area (Å²) in [6.07, 6.45) is -0.528. The molecule has 0 saturated carbocycles. The largest absolute Gasteiger partial charge is 0.479 e. The van der Waals surface area contributed by atoms with Crippen molar-refractivity contribution in [2.75, 3.05) is 0 Å². The molecular weight excluding hydrogens is 398 g/mol. The van der Waals surface area contributed by atoms with E-state index in [2.05, 4.69) is 17.0 Å². The van der Waals surface area contributed by atoms with Gasteiger partial charge in [0.1, 0.15) is 18.2 Å². The molecule has 0 fully saturated rings. The van der Waals surface area contributed by atoms with Crippen LogP contribution in [-0.2, 0) is 23.3 Å². The van der Waals surface area contributed by atoms with Crippen LogP contribution in [0.25, 0.3) is 16.6 Å². The average molecular weight is 423 g/mol. The van der Waals surface area contributed by atoms with Gasteiger partial charge in [-0.1, -0.05) is 25.6 Å². The fourth-order valence-corrected chi connectivity index (χ4v) is 3.07. The Hall–Kier alpha value is -3.65. The van der Waals surface area contributed by atoms with E-state index in [1.807, 2.05) is 19.1 Å². The molecule has 8 nitrogen and oxygen atoms in total. The first kappa shape index (κ1) is 22.0. The number of nitrogens with one attached hydrogen (secondary N) is 1. The fourth-order valence-electron chi connectivity index (χ4n) is 3.07. The summed E-state index contributed by atoms with van der Waals surface area (Å²) in [5.41, 5.74) is 5.29. The molecule has 0 amide bonds. The van der Waals surface area contributed by atoms with Crippen molar-refractivity contribution >= 4 is 22.6 Å². The highest BCUT2D eigenvalue weighted by atomic mass is 16.6. The molecule has 8 heteroatoms. The van der Waals surface area contributed by atoms with Crippen LogP contribution in [-0.4, -0.2) is 26.7 Å². The molecule has 0 saturated heterocycles. The van der Waals surface area contributed by atoms with Crippen molar-refractivity contribution in [3.05, 3.63) is 76.3 Å². The van der Waals surface area contributed by atoms with Crippen LogP contribution in [0.2, 0.25) is 0 Å². The van der Waals surface area contributed by atoms with Crippen molar-refractivity contribution in [2.24, 2.45) is 7.05 Å². The Balaban J connectivity index is 1.66. The minimum atomic E-state index is -0.998. The Kier molecular flexibility index (Phi) is 6.71. The number of aromatic nitrogens is 2. The number of carbonyl (C=O) groups is 1. The SMILES string of the molecule is C=C(NOCc1nc2ccccc2c(=O)n1C)c1ccc(OC(CC)C(=O)O)c(C)c1. The van der Waals surface area contributed by atoms with Crippen LogP contribution in [0.4, 0.5) is 0 Å². The number of hydroxylamine groups is 1. The second-order valence-electron chi connectivity index (χ2n) is 7.11. The molecule has 0 aliphatic rings. The summed E-state index contributed by atoms with van der Waals surface area (Å²) in [5, 5.41) is 9.72. The van der Waals surface area contributed by atoms with Gasteiger partial charge in [-0.05, 0) is 54.8 Å². The molecule has 31 heavy (non-hydrogen) atoms. The van der Waals surface area contributed by atoms with E-state index >= 15 is 0 Å². The topological polar surface area (TPSA) is 103 Å². The molecule has 1 aromatic heterocycles. The van der Waals surface area contributed by atoms with Gasteiger partial charge in [-0.3, -0.25) is 19.7 Å². The van der Waals surface area contributed by atoms with Gasteiger partial charge in [0, 0.05) is 7.05 Å². The van der Waals surface area contributed by atoms with Crippen molar-refractivity contribution in [3.8, 4) is 5.75 Å². The second kappa shape index (κ2) is 9.44. The number of benzene rings is 2. The smallest absolute Gasteiger partial charge is 0.344 e. The van der Waals surface area contributed by atoms with E-state index in [4.69, 9.17) is 14.7 Å². The standard InChI is InChI=1S/C23H25N3O5/c1-5-19(23(28)29)31-20-11-10-16(12-14(20)2)15(3)25-30-13-21-24-18-9-7-6-8-17(18)22(27)26(21)4/h6-12,19,25H,3,5,13H2,1-2,4H3,(H,28,29). The molecule has 1 heterocycles. The number of aliphatic carboxylic acids is 1. The summed E-state index contributed by atoms with van der Waals surface area (Å²) < 4.78 is 7.02. The number of para-hydroxylation sites is 1. The van der Waals surface area contributed by atoms with Crippen LogP contribution in [0, 0.1) is 6.92 Å². The van der Waals surface area contributed by atoms with Crippen molar-refractivity contribution in [1.29, 1.82) is 0 Å². The summed E-state index contributed by atoms with van der Waals surface area (Å²) >= 11 is 0. The van der Waals surface area contributed by atoms with Crippen molar-refractivity contribution in [3.63, 3.8) is 0 Å². The highest BCUT2D eigenvalue weighted by Gasteiger charge is 2.18. The number of fused-ring (bicyclic) bond motifs is 1. The Bertz CT molecular complexity index is 1190.